The van der Waals surface area contributed by atoms with Crippen molar-refractivity contribution < 1.29 is 9.18 Å². The Morgan fingerprint density at radius 2 is 2.03 bits per heavy atom. The minimum absolute atomic E-state index is 0.0131. The fourth-order valence-corrected chi connectivity index (χ4v) is 4.55. The van der Waals surface area contributed by atoms with Gasteiger partial charge in [0.1, 0.15) is 23.5 Å². The topological polar surface area (TPSA) is 74.2 Å². The van der Waals surface area contributed by atoms with Gasteiger partial charge in [0.25, 0.3) is 0 Å². The van der Waals surface area contributed by atoms with Crippen molar-refractivity contribution in [1.29, 1.82) is 0 Å². The summed E-state index contributed by atoms with van der Waals surface area (Å²) in [6.07, 6.45) is 4.83. The number of piperazine rings is 1. The Labute approximate surface area is 179 Å². The maximum atomic E-state index is 14.5. The number of nitrogens with one attached hydrogen (secondary N) is 1. The summed E-state index contributed by atoms with van der Waals surface area (Å²) in [4.78, 5) is 29.8. The van der Waals surface area contributed by atoms with E-state index >= 15 is 0 Å². The van der Waals surface area contributed by atoms with E-state index in [0.717, 1.165) is 25.2 Å². The van der Waals surface area contributed by atoms with Gasteiger partial charge in [-0.25, -0.2) is 19.3 Å². The summed E-state index contributed by atoms with van der Waals surface area (Å²) >= 11 is 0. The highest BCUT2D eigenvalue weighted by atomic mass is 19.1. The highest BCUT2D eigenvalue weighted by molar-refractivity contribution is 5.89. The molecule has 1 N–H and O–H groups in total. The molecule has 5 heterocycles. The van der Waals surface area contributed by atoms with Crippen molar-refractivity contribution in [2.75, 3.05) is 23.3 Å². The molecule has 0 unspecified atom stereocenters. The molecular formula is C23H23FN6O. The van der Waals surface area contributed by atoms with Crippen molar-refractivity contribution in [2.45, 2.75) is 31.8 Å². The molecule has 3 aromatic rings. The zero-order chi connectivity index (χ0) is 21.5. The van der Waals surface area contributed by atoms with Crippen LogP contribution in [0, 0.1) is 12.7 Å². The smallest absolute Gasteiger partial charge is 0.246 e. The lowest BCUT2D eigenvalue weighted by Crippen LogP contribution is -2.64. The number of anilines is 3. The number of halogens is 1. The lowest BCUT2D eigenvalue weighted by molar-refractivity contribution is -0.131. The van der Waals surface area contributed by atoms with Crippen LogP contribution in [-0.2, 0) is 4.79 Å². The first-order valence-corrected chi connectivity index (χ1v) is 10.4. The molecule has 2 aromatic heterocycles. The van der Waals surface area contributed by atoms with Crippen molar-refractivity contribution in [2.24, 2.45) is 0 Å². The molecule has 1 aromatic carbocycles. The van der Waals surface area contributed by atoms with Crippen molar-refractivity contribution in [1.82, 2.24) is 19.9 Å². The van der Waals surface area contributed by atoms with Gasteiger partial charge in [-0.05, 0) is 49.6 Å². The number of fused-ring (bicyclic) bond motifs is 4. The molecule has 3 aliphatic heterocycles. The summed E-state index contributed by atoms with van der Waals surface area (Å²) in [5.41, 5.74) is 2.17. The summed E-state index contributed by atoms with van der Waals surface area (Å²) < 4.78 is 14.5. The summed E-state index contributed by atoms with van der Waals surface area (Å²) in [5, 5.41) is 3.08. The number of hydrogen-bond acceptors (Lipinski definition) is 6. The fraction of sp³-hybridized carbons (Fsp3) is 0.304. The fourth-order valence-electron chi connectivity index (χ4n) is 4.55. The number of hydrogen-bond donors (Lipinski definition) is 1. The summed E-state index contributed by atoms with van der Waals surface area (Å²) in [6, 6.07) is 9.41. The first kappa shape index (κ1) is 19.4. The molecule has 0 spiro atoms. The van der Waals surface area contributed by atoms with Gasteiger partial charge in [-0.3, -0.25) is 4.79 Å². The van der Waals surface area contributed by atoms with E-state index in [0.29, 0.717) is 34.6 Å². The van der Waals surface area contributed by atoms with Crippen molar-refractivity contribution >= 4 is 34.3 Å². The molecule has 3 aliphatic rings. The number of nitrogens with zero attached hydrogens (tertiary/aromatic N) is 5. The molecule has 3 saturated heterocycles. The third-order valence-electron chi connectivity index (χ3n) is 6.19. The van der Waals surface area contributed by atoms with E-state index in [-0.39, 0.29) is 23.8 Å². The molecule has 0 radical (unpaired) electrons. The molecule has 3 fully saturated rings. The Bertz CT molecular complexity index is 1180. The monoisotopic (exact) mass is 418 g/mol. The third-order valence-corrected chi connectivity index (χ3v) is 6.19. The van der Waals surface area contributed by atoms with E-state index in [9.17, 15) is 9.18 Å². The predicted octanol–water partition coefficient (Wildman–Crippen LogP) is 3.58. The van der Waals surface area contributed by atoms with Gasteiger partial charge in [0.2, 0.25) is 5.91 Å². The first-order valence-electron chi connectivity index (χ1n) is 10.4. The molecule has 7 nitrogen and oxygen atoms in total. The minimum atomic E-state index is -0.314. The minimum Gasteiger partial charge on any atom is -0.350 e. The van der Waals surface area contributed by atoms with Crippen LogP contribution in [0.3, 0.4) is 0 Å². The number of piperidine rings is 2. The second-order valence-corrected chi connectivity index (χ2v) is 8.05. The van der Waals surface area contributed by atoms with Crippen LogP contribution in [0.4, 0.5) is 21.7 Å². The van der Waals surface area contributed by atoms with Gasteiger partial charge < -0.3 is 15.1 Å². The van der Waals surface area contributed by atoms with Gasteiger partial charge in [0, 0.05) is 25.2 Å². The van der Waals surface area contributed by atoms with Gasteiger partial charge >= 0.3 is 0 Å². The summed E-state index contributed by atoms with van der Waals surface area (Å²) in [5.74, 6) is 0.948. The molecule has 2 atom stereocenters. The largest absolute Gasteiger partial charge is 0.350 e. The zero-order valence-corrected chi connectivity index (χ0v) is 17.3. The molecule has 158 valence electrons. The SMILES string of the molecule is C=CC(=O)N1C[C@H]2CC[C@@H]1CN2c1ccc2ncnc(Nc3cccc(C)c3F)c2n1. The van der Waals surface area contributed by atoms with Crippen LogP contribution in [-0.4, -0.2) is 50.9 Å². The van der Waals surface area contributed by atoms with Crippen molar-refractivity contribution in [3.05, 3.63) is 60.7 Å². The Hall–Kier alpha value is -3.55. The highest BCUT2D eigenvalue weighted by Crippen LogP contribution is 2.33. The van der Waals surface area contributed by atoms with E-state index in [1.807, 2.05) is 17.0 Å². The van der Waals surface area contributed by atoms with Crippen molar-refractivity contribution in [3.8, 4) is 0 Å². The standard InChI is InChI=1S/C23H23FN6O/c1-3-20(31)30-12-15-7-8-16(30)11-29(15)19-10-9-18-22(28-19)23(26-13-25-18)27-17-6-4-5-14(2)21(17)24/h3-6,9-10,13,15-16H,1,7-8,11-12H2,2H3,(H,25,26,27)/t15-,16-/m1/s1. The van der Waals surface area contributed by atoms with Crippen LogP contribution in [0.2, 0.25) is 0 Å². The van der Waals surface area contributed by atoms with Gasteiger partial charge in [0.05, 0.1) is 11.2 Å². The molecule has 0 aliphatic carbocycles. The van der Waals surface area contributed by atoms with E-state index in [2.05, 4.69) is 26.8 Å². The average Bonchev–Trinajstić information content (AvgIpc) is 2.81. The maximum Gasteiger partial charge on any atom is 0.246 e. The third kappa shape index (κ3) is 3.37. The van der Waals surface area contributed by atoms with E-state index in [1.54, 1.807) is 25.1 Å². The van der Waals surface area contributed by atoms with Crippen LogP contribution < -0.4 is 10.2 Å². The van der Waals surface area contributed by atoms with E-state index < -0.39 is 0 Å². The second kappa shape index (κ2) is 7.61. The van der Waals surface area contributed by atoms with Gasteiger partial charge in [-0.15, -0.1) is 0 Å². The molecule has 6 rings (SSSR count). The molecular weight excluding hydrogens is 395 g/mol. The maximum absolute atomic E-state index is 14.5. The number of carbonyl (C=O) groups is 1. The number of amides is 1. The number of rotatable bonds is 4. The molecule has 1 amide bonds. The van der Waals surface area contributed by atoms with Crippen molar-refractivity contribution in [3.63, 3.8) is 0 Å². The van der Waals surface area contributed by atoms with Crippen LogP contribution in [0.1, 0.15) is 18.4 Å². The van der Waals surface area contributed by atoms with Crippen LogP contribution in [0.5, 0.6) is 0 Å². The normalized spacial score (nSPS) is 20.2. The Balaban J connectivity index is 1.48. The van der Waals surface area contributed by atoms with Gasteiger partial charge in [-0.2, -0.15) is 0 Å². The van der Waals surface area contributed by atoms with Crippen LogP contribution in [0.15, 0.2) is 49.3 Å². The number of aryl methyl sites for hydroxylation is 1. The molecule has 31 heavy (non-hydrogen) atoms. The van der Waals surface area contributed by atoms with Gasteiger partial charge in [0.15, 0.2) is 5.82 Å². The quantitative estimate of drug-likeness (QED) is 0.653. The Morgan fingerprint density at radius 1 is 1.19 bits per heavy atom. The number of benzene rings is 1. The molecule has 0 saturated carbocycles. The first-order chi connectivity index (χ1) is 15.0. The molecule has 8 heteroatoms. The number of carbonyl (C=O) groups excluding carboxylic acids is 1. The van der Waals surface area contributed by atoms with Gasteiger partial charge in [-0.1, -0.05) is 18.7 Å². The van der Waals surface area contributed by atoms with Crippen LogP contribution in [0.25, 0.3) is 11.0 Å². The average molecular weight is 418 g/mol. The summed E-state index contributed by atoms with van der Waals surface area (Å²) in [7, 11) is 0. The molecule has 2 bridgehead atoms. The zero-order valence-electron chi connectivity index (χ0n) is 17.3. The second-order valence-electron chi connectivity index (χ2n) is 8.05. The number of pyridine rings is 1. The lowest BCUT2D eigenvalue weighted by Gasteiger charge is -2.51. The van der Waals surface area contributed by atoms with Crippen LogP contribution >= 0.6 is 0 Å². The Morgan fingerprint density at radius 3 is 2.81 bits per heavy atom. The predicted molar refractivity (Wildman–Crippen MR) is 118 cm³/mol. The summed E-state index contributed by atoms with van der Waals surface area (Å²) in [6.45, 7) is 6.74. The highest BCUT2D eigenvalue weighted by Gasteiger charge is 2.40. The Kier molecular flexibility index (Phi) is 4.77. The lowest BCUT2D eigenvalue weighted by atomic mass is 9.90. The van der Waals surface area contributed by atoms with E-state index in [1.165, 1.54) is 12.4 Å². The van der Waals surface area contributed by atoms with E-state index in [4.69, 9.17) is 4.98 Å². The number of aromatic nitrogens is 3.